The summed E-state index contributed by atoms with van der Waals surface area (Å²) in [4.78, 5) is 2.29. The molecule has 1 fully saturated rings. The summed E-state index contributed by atoms with van der Waals surface area (Å²) in [5.41, 5.74) is 5.51. The minimum absolute atomic E-state index is 0.0137. The third kappa shape index (κ3) is 3.68. The molecule has 1 aromatic rings. The molecule has 19 heavy (non-hydrogen) atoms. The summed E-state index contributed by atoms with van der Waals surface area (Å²) in [5, 5.41) is 6.03. The number of nitrogen functional groups attached to an aromatic ring is 1. The lowest BCUT2D eigenvalue weighted by Gasteiger charge is -2.30. The first-order chi connectivity index (χ1) is 8.99. The van der Waals surface area contributed by atoms with Crippen molar-refractivity contribution in [3.63, 3.8) is 0 Å². The van der Waals surface area contributed by atoms with Crippen molar-refractivity contribution in [1.82, 2.24) is 19.8 Å². The molecule has 8 heteroatoms. The maximum absolute atomic E-state index is 11.9. The van der Waals surface area contributed by atoms with Gasteiger partial charge in [0.25, 0.3) is 0 Å². The van der Waals surface area contributed by atoms with Gasteiger partial charge >= 0.3 is 0 Å². The van der Waals surface area contributed by atoms with Crippen molar-refractivity contribution in [1.29, 1.82) is 0 Å². The van der Waals surface area contributed by atoms with Crippen LogP contribution in [0.15, 0.2) is 11.1 Å². The average Bonchev–Trinajstić information content (AvgIpc) is 2.79. The standard InChI is InChI=1S/C11H21N5O2S/c1-9-2-5-16(6-3-9)7-4-14-19(17,18)10-8-13-15-11(10)12/h8-9,14H,2-7H2,1H3,(H3,12,13,15). The monoisotopic (exact) mass is 287 g/mol. The van der Waals surface area contributed by atoms with Crippen molar-refractivity contribution >= 4 is 15.8 Å². The highest BCUT2D eigenvalue weighted by Crippen LogP contribution is 2.16. The second-order valence-corrected chi connectivity index (χ2v) is 6.81. The average molecular weight is 287 g/mol. The van der Waals surface area contributed by atoms with Crippen molar-refractivity contribution in [2.75, 3.05) is 31.9 Å². The number of hydrogen-bond acceptors (Lipinski definition) is 5. The minimum atomic E-state index is -3.55. The zero-order chi connectivity index (χ0) is 13.9. The first-order valence-electron chi connectivity index (χ1n) is 6.50. The Morgan fingerprint density at radius 3 is 2.79 bits per heavy atom. The number of H-pyrrole nitrogens is 1. The highest BCUT2D eigenvalue weighted by atomic mass is 32.2. The summed E-state index contributed by atoms with van der Waals surface area (Å²) >= 11 is 0. The van der Waals surface area contributed by atoms with E-state index >= 15 is 0 Å². The number of anilines is 1. The lowest BCUT2D eigenvalue weighted by Crippen LogP contribution is -2.39. The quantitative estimate of drug-likeness (QED) is 0.707. The lowest BCUT2D eigenvalue weighted by molar-refractivity contribution is 0.195. The van der Waals surface area contributed by atoms with Crippen molar-refractivity contribution in [2.24, 2.45) is 5.92 Å². The summed E-state index contributed by atoms with van der Waals surface area (Å²) in [6.07, 6.45) is 3.59. The first kappa shape index (κ1) is 14.3. The summed E-state index contributed by atoms with van der Waals surface area (Å²) in [6, 6.07) is 0. The largest absolute Gasteiger partial charge is 0.383 e. The minimum Gasteiger partial charge on any atom is -0.383 e. The van der Waals surface area contributed by atoms with Gasteiger partial charge in [0.2, 0.25) is 10.0 Å². The number of nitrogens with two attached hydrogens (primary N) is 1. The number of sulfonamides is 1. The van der Waals surface area contributed by atoms with Gasteiger partial charge in [-0.2, -0.15) is 5.10 Å². The molecule has 2 heterocycles. The molecule has 1 aliphatic rings. The predicted molar refractivity (Wildman–Crippen MR) is 73.0 cm³/mol. The third-order valence-electron chi connectivity index (χ3n) is 3.52. The Balaban J connectivity index is 1.81. The van der Waals surface area contributed by atoms with E-state index in [2.05, 4.69) is 26.7 Å². The molecule has 0 aromatic carbocycles. The SMILES string of the molecule is CC1CCN(CCNS(=O)(=O)c2cn[nH]c2N)CC1. The van der Waals surface area contributed by atoms with E-state index < -0.39 is 10.0 Å². The van der Waals surface area contributed by atoms with Crippen LogP contribution in [0, 0.1) is 5.92 Å². The molecule has 7 nitrogen and oxygen atoms in total. The topological polar surface area (TPSA) is 104 Å². The van der Waals surface area contributed by atoms with Crippen LogP contribution in [0.2, 0.25) is 0 Å². The van der Waals surface area contributed by atoms with Crippen LogP contribution in [0.25, 0.3) is 0 Å². The Hall–Kier alpha value is -1.12. The van der Waals surface area contributed by atoms with Crippen LogP contribution < -0.4 is 10.5 Å². The number of rotatable bonds is 5. The zero-order valence-electron chi connectivity index (χ0n) is 11.1. The normalized spacial score (nSPS) is 18.8. The molecule has 108 valence electrons. The third-order valence-corrected chi connectivity index (χ3v) is 5.01. The van der Waals surface area contributed by atoms with Gasteiger partial charge in [0.1, 0.15) is 10.7 Å². The summed E-state index contributed by atoms with van der Waals surface area (Å²) in [5.74, 6) is 0.845. The van der Waals surface area contributed by atoms with Crippen molar-refractivity contribution in [3.05, 3.63) is 6.20 Å². The number of hydrogen-bond donors (Lipinski definition) is 3. The highest BCUT2D eigenvalue weighted by molar-refractivity contribution is 7.89. The number of aromatic nitrogens is 2. The molecule has 2 rings (SSSR count). The van der Waals surface area contributed by atoms with Crippen LogP contribution in [0.5, 0.6) is 0 Å². The van der Waals surface area contributed by atoms with Crippen molar-refractivity contribution < 1.29 is 8.42 Å². The number of piperidine rings is 1. The van der Waals surface area contributed by atoms with E-state index in [1.54, 1.807) is 0 Å². The molecule has 1 aromatic heterocycles. The molecule has 0 aliphatic carbocycles. The molecule has 0 bridgehead atoms. The van der Waals surface area contributed by atoms with E-state index in [9.17, 15) is 8.42 Å². The smallest absolute Gasteiger partial charge is 0.245 e. The van der Waals surface area contributed by atoms with Gasteiger partial charge < -0.3 is 10.6 Å². The molecular weight excluding hydrogens is 266 g/mol. The molecule has 1 saturated heterocycles. The van der Waals surface area contributed by atoms with Gasteiger partial charge in [-0.15, -0.1) is 0 Å². The molecule has 0 unspecified atom stereocenters. The Morgan fingerprint density at radius 1 is 1.53 bits per heavy atom. The van der Waals surface area contributed by atoms with Gasteiger partial charge in [-0.1, -0.05) is 6.92 Å². The predicted octanol–water partition coefficient (Wildman–Crippen LogP) is 0.00210. The second-order valence-electron chi connectivity index (χ2n) is 5.07. The van der Waals surface area contributed by atoms with Crippen LogP contribution >= 0.6 is 0 Å². The Kier molecular flexibility index (Phi) is 4.43. The maximum atomic E-state index is 11.9. The molecule has 0 atom stereocenters. The van der Waals surface area contributed by atoms with Crippen molar-refractivity contribution in [3.8, 4) is 0 Å². The van der Waals surface area contributed by atoms with Gasteiger partial charge in [0.15, 0.2) is 0 Å². The van der Waals surface area contributed by atoms with Crippen LogP contribution in [0.4, 0.5) is 5.82 Å². The summed E-state index contributed by atoms with van der Waals surface area (Å²) < 4.78 is 26.4. The Bertz CT molecular complexity index is 505. The zero-order valence-corrected chi connectivity index (χ0v) is 11.9. The van der Waals surface area contributed by atoms with E-state index in [0.29, 0.717) is 6.54 Å². The number of nitrogens with zero attached hydrogens (tertiary/aromatic N) is 2. The molecule has 0 spiro atoms. The summed E-state index contributed by atoms with van der Waals surface area (Å²) in [7, 11) is -3.55. The van der Waals surface area contributed by atoms with E-state index in [4.69, 9.17) is 5.73 Å². The molecule has 0 radical (unpaired) electrons. The molecular formula is C11H21N5O2S. The van der Waals surface area contributed by atoms with Gasteiger partial charge in [-0.05, 0) is 31.8 Å². The van der Waals surface area contributed by atoms with Crippen molar-refractivity contribution in [2.45, 2.75) is 24.7 Å². The molecule has 0 amide bonds. The number of likely N-dealkylation sites (tertiary alicyclic amines) is 1. The molecule has 4 N–H and O–H groups in total. The first-order valence-corrected chi connectivity index (χ1v) is 7.98. The van der Waals surface area contributed by atoms with Crippen LogP contribution in [-0.4, -0.2) is 49.7 Å². The van der Waals surface area contributed by atoms with Crippen LogP contribution in [-0.2, 0) is 10.0 Å². The fourth-order valence-corrected chi connectivity index (χ4v) is 3.24. The van der Waals surface area contributed by atoms with Crippen LogP contribution in [0.1, 0.15) is 19.8 Å². The maximum Gasteiger partial charge on any atom is 0.245 e. The second kappa shape index (κ2) is 5.89. The van der Waals surface area contributed by atoms with Crippen LogP contribution in [0.3, 0.4) is 0 Å². The molecule has 1 aliphatic heterocycles. The van der Waals surface area contributed by atoms with Gasteiger partial charge in [0.05, 0.1) is 6.20 Å². The number of aromatic amines is 1. The van der Waals surface area contributed by atoms with E-state index in [1.165, 1.54) is 19.0 Å². The Morgan fingerprint density at radius 2 is 2.21 bits per heavy atom. The summed E-state index contributed by atoms with van der Waals surface area (Å²) in [6.45, 7) is 5.44. The van der Waals surface area contributed by atoms with Gasteiger partial charge in [-0.3, -0.25) is 5.10 Å². The molecule has 0 saturated carbocycles. The van der Waals surface area contributed by atoms with E-state index in [0.717, 1.165) is 25.6 Å². The fourth-order valence-electron chi connectivity index (χ4n) is 2.20. The van der Waals surface area contributed by atoms with Gasteiger partial charge in [-0.25, -0.2) is 13.1 Å². The van der Waals surface area contributed by atoms with E-state index in [1.807, 2.05) is 0 Å². The number of nitrogens with one attached hydrogen (secondary N) is 2. The highest BCUT2D eigenvalue weighted by Gasteiger charge is 2.20. The Labute approximate surface area is 113 Å². The van der Waals surface area contributed by atoms with Gasteiger partial charge in [0, 0.05) is 13.1 Å². The van der Waals surface area contributed by atoms with E-state index in [-0.39, 0.29) is 10.7 Å². The lowest BCUT2D eigenvalue weighted by atomic mass is 9.99. The fraction of sp³-hybridized carbons (Fsp3) is 0.727.